The summed E-state index contributed by atoms with van der Waals surface area (Å²) >= 11 is 1.71. The van der Waals surface area contributed by atoms with E-state index >= 15 is 0 Å². The molecule has 0 aliphatic rings. The van der Waals surface area contributed by atoms with E-state index in [-0.39, 0.29) is 5.91 Å². The number of anilines is 1. The van der Waals surface area contributed by atoms with Gasteiger partial charge in [-0.2, -0.15) is 0 Å². The van der Waals surface area contributed by atoms with Gasteiger partial charge in [0.1, 0.15) is 5.75 Å². The van der Waals surface area contributed by atoms with Crippen LogP contribution in [0.15, 0.2) is 47.4 Å². The van der Waals surface area contributed by atoms with Gasteiger partial charge in [-0.25, -0.2) is 0 Å². The molecule has 122 valence electrons. The average molecular weight is 329 g/mol. The first-order valence-corrected chi connectivity index (χ1v) is 8.76. The van der Waals surface area contributed by atoms with Gasteiger partial charge in [-0.15, -0.1) is 11.8 Å². The number of hydrogen-bond acceptors (Lipinski definition) is 3. The molecule has 0 aliphatic heterocycles. The summed E-state index contributed by atoms with van der Waals surface area (Å²) in [5.74, 6) is 1.57. The smallest absolute Gasteiger partial charge is 0.265 e. The molecule has 2 aromatic carbocycles. The van der Waals surface area contributed by atoms with Crippen LogP contribution in [-0.2, 0) is 4.79 Å². The minimum atomic E-state index is -0.560. The quantitative estimate of drug-likeness (QED) is 0.772. The van der Waals surface area contributed by atoms with Crippen molar-refractivity contribution in [3.05, 3.63) is 53.6 Å². The number of carbonyl (C=O) groups is 1. The van der Waals surface area contributed by atoms with Gasteiger partial charge >= 0.3 is 0 Å². The minimum Gasteiger partial charge on any atom is -0.481 e. The van der Waals surface area contributed by atoms with Crippen molar-refractivity contribution in [3.63, 3.8) is 0 Å². The van der Waals surface area contributed by atoms with Gasteiger partial charge in [0.25, 0.3) is 5.91 Å². The predicted molar refractivity (Wildman–Crippen MR) is 97.5 cm³/mol. The van der Waals surface area contributed by atoms with Crippen LogP contribution in [0, 0.1) is 13.8 Å². The maximum absolute atomic E-state index is 12.4. The highest BCUT2D eigenvalue weighted by Gasteiger charge is 2.17. The second kappa shape index (κ2) is 8.06. The van der Waals surface area contributed by atoms with Gasteiger partial charge in [0.15, 0.2) is 6.10 Å². The van der Waals surface area contributed by atoms with Crippen LogP contribution in [0.4, 0.5) is 5.69 Å². The highest BCUT2D eigenvalue weighted by molar-refractivity contribution is 7.99. The molecule has 1 atom stereocenters. The molecular weight excluding hydrogens is 306 g/mol. The molecule has 0 aromatic heterocycles. The van der Waals surface area contributed by atoms with Gasteiger partial charge in [-0.05, 0) is 55.9 Å². The van der Waals surface area contributed by atoms with E-state index in [2.05, 4.69) is 12.2 Å². The highest BCUT2D eigenvalue weighted by atomic mass is 32.2. The van der Waals surface area contributed by atoms with E-state index in [9.17, 15) is 4.79 Å². The summed E-state index contributed by atoms with van der Waals surface area (Å²) < 4.78 is 5.84. The van der Waals surface area contributed by atoms with E-state index < -0.39 is 6.10 Å². The molecule has 0 bridgehead atoms. The lowest BCUT2D eigenvalue weighted by atomic mass is 10.1. The number of ether oxygens (including phenoxy) is 1. The first-order valence-electron chi connectivity index (χ1n) is 7.78. The SMILES string of the molecule is CCSc1ccccc1NC(=O)[C@@H](C)Oc1cc(C)ccc1C. The van der Waals surface area contributed by atoms with E-state index in [1.165, 1.54) is 0 Å². The number of hydrogen-bond donors (Lipinski definition) is 1. The lowest BCUT2D eigenvalue weighted by Gasteiger charge is -2.17. The number of rotatable bonds is 6. The summed E-state index contributed by atoms with van der Waals surface area (Å²) in [4.78, 5) is 13.5. The summed E-state index contributed by atoms with van der Waals surface area (Å²) in [6.07, 6.45) is -0.560. The zero-order chi connectivity index (χ0) is 16.8. The summed E-state index contributed by atoms with van der Waals surface area (Å²) in [6, 6.07) is 13.8. The Labute approximate surface area is 142 Å². The third kappa shape index (κ3) is 4.76. The summed E-state index contributed by atoms with van der Waals surface area (Å²) in [5.41, 5.74) is 2.97. The lowest BCUT2D eigenvalue weighted by molar-refractivity contribution is -0.122. The Morgan fingerprint density at radius 2 is 1.96 bits per heavy atom. The van der Waals surface area contributed by atoms with Crippen molar-refractivity contribution in [3.8, 4) is 5.75 Å². The molecule has 0 spiro atoms. The standard InChI is InChI=1S/C19H23NO2S/c1-5-23-18-9-7-6-8-16(18)20-19(21)15(4)22-17-12-13(2)10-11-14(17)3/h6-12,15H,5H2,1-4H3,(H,20,21)/t15-/m1/s1. The zero-order valence-electron chi connectivity index (χ0n) is 14.1. The van der Waals surface area contributed by atoms with Gasteiger partial charge < -0.3 is 10.1 Å². The van der Waals surface area contributed by atoms with Gasteiger partial charge in [-0.3, -0.25) is 4.79 Å². The second-order valence-electron chi connectivity index (χ2n) is 5.45. The molecular formula is C19H23NO2S. The number of thioether (sulfide) groups is 1. The predicted octanol–water partition coefficient (Wildman–Crippen LogP) is 4.82. The molecule has 0 aliphatic carbocycles. The second-order valence-corrected chi connectivity index (χ2v) is 6.75. The Balaban J connectivity index is 2.07. The van der Waals surface area contributed by atoms with E-state index in [1.807, 2.05) is 56.3 Å². The van der Waals surface area contributed by atoms with Gasteiger partial charge in [0.05, 0.1) is 5.69 Å². The Hall–Kier alpha value is -1.94. The fourth-order valence-corrected chi connectivity index (χ4v) is 2.92. The number of aryl methyl sites for hydroxylation is 2. The normalized spacial score (nSPS) is 11.8. The van der Waals surface area contributed by atoms with E-state index in [1.54, 1.807) is 18.7 Å². The van der Waals surface area contributed by atoms with Crippen molar-refractivity contribution in [2.75, 3.05) is 11.1 Å². The monoisotopic (exact) mass is 329 g/mol. The van der Waals surface area contributed by atoms with Gasteiger partial charge in [0, 0.05) is 4.90 Å². The number of para-hydroxylation sites is 1. The third-order valence-corrected chi connectivity index (χ3v) is 4.42. The van der Waals surface area contributed by atoms with Crippen LogP contribution in [0.25, 0.3) is 0 Å². The fraction of sp³-hybridized carbons (Fsp3) is 0.316. The van der Waals surface area contributed by atoms with Crippen LogP contribution in [-0.4, -0.2) is 17.8 Å². The first kappa shape index (κ1) is 17.4. The molecule has 0 unspecified atom stereocenters. The molecule has 4 heteroatoms. The number of benzene rings is 2. The third-order valence-electron chi connectivity index (χ3n) is 3.46. The van der Waals surface area contributed by atoms with Crippen molar-refractivity contribution in [2.45, 2.75) is 38.7 Å². The van der Waals surface area contributed by atoms with E-state index in [0.717, 1.165) is 33.2 Å². The van der Waals surface area contributed by atoms with Crippen LogP contribution in [0.5, 0.6) is 5.75 Å². The first-order chi connectivity index (χ1) is 11.0. The molecule has 0 saturated carbocycles. The largest absolute Gasteiger partial charge is 0.481 e. The number of carbonyl (C=O) groups excluding carboxylic acids is 1. The van der Waals surface area contributed by atoms with Gasteiger partial charge in [0.2, 0.25) is 0 Å². The van der Waals surface area contributed by atoms with Gasteiger partial charge in [-0.1, -0.05) is 31.2 Å². The number of amides is 1. The minimum absolute atomic E-state index is 0.143. The number of nitrogens with one attached hydrogen (secondary N) is 1. The van der Waals surface area contributed by atoms with Crippen molar-refractivity contribution < 1.29 is 9.53 Å². The maximum Gasteiger partial charge on any atom is 0.265 e. The molecule has 0 saturated heterocycles. The molecule has 3 nitrogen and oxygen atoms in total. The highest BCUT2D eigenvalue weighted by Crippen LogP contribution is 2.27. The van der Waals surface area contributed by atoms with Crippen molar-refractivity contribution in [2.24, 2.45) is 0 Å². The summed E-state index contributed by atoms with van der Waals surface area (Å²) in [5, 5.41) is 2.96. The Bertz CT molecular complexity index is 685. The van der Waals surface area contributed by atoms with Crippen LogP contribution in [0.3, 0.4) is 0 Å². The van der Waals surface area contributed by atoms with E-state index in [0.29, 0.717) is 0 Å². The van der Waals surface area contributed by atoms with E-state index in [4.69, 9.17) is 4.74 Å². The summed E-state index contributed by atoms with van der Waals surface area (Å²) in [7, 11) is 0. The molecule has 23 heavy (non-hydrogen) atoms. The molecule has 0 heterocycles. The van der Waals surface area contributed by atoms with Crippen LogP contribution >= 0.6 is 11.8 Å². The molecule has 1 amide bonds. The maximum atomic E-state index is 12.4. The van der Waals surface area contributed by atoms with Crippen LogP contribution in [0.1, 0.15) is 25.0 Å². The Kier molecular flexibility index (Phi) is 6.11. The van der Waals surface area contributed by atoms with Crippen molar-refractivity contribution in [1.82, 2.24) is 0 Å². The molecule has 0 radical (unpaired) electrons. The van der Waals surface area contributed by atoms with Crippen molar-refractivity contribution in [1.29, 1.82) is 0 Å². The summed E-state index contributed by atoms with van der Waals surface area (Å²) in [6.45, 7) is 7.85. The Morgan fingerprint density at radius 1 is 1.22 bits per heavy atom. The van der Waals surface area contributed by atoms with Crippen LogP contribution in [0.2, 0.25) is 0 Å². The fourth-order valence-electron chi connectivity index (χ4n) is 2.16. The van der Waals surface area contributed by atoms with Crippen molar-refractivity contribution >= 4 is 23.4 Å². The molecule has 2 aromatic rings. The zero-order valence-corrected chi connectivity index (χ0v) is 14.9. The molecule has 0 fully saturated rings. The molecule has 1 N–H and O–H groups in total. The topological polar surface area (TPSA) is 38.3 Å². The van der Waals surface area contributed by atoms with Crippen LogP contribution < -0.4 is 10.1 Å². The lowest BCUT2D eigenvalue weighted by Crippen LogP contribution is -2.30. The molecule has 2 rings (SSSR count). The average Bonchev–Trinajstić information content (AvgIpc) is 2.53. The Morgan fingerprint density at radius 3 is 2.70 bits per heavy atom.